The molecule has 5 heteroatoms. The van der Waals surface area contributed by atoms with E-state index in [1.165, 1.54) is 41.9 Å². The molecule has 0 radical (unpaired) electrons. The highest BCUT2D eigenvalue weighted by atomic mass is 15.3. The molecule has 4 rings (SSSR count). The minimum absolute atomic E-state index is 0.390. The number of nitrogens with one attached hydrogen (secondary N) is 2. The Bertz CT molecular complexity index is 818. The van der Waals surface area contributed by atoms with Crippen molar-refractivity contribution >= 4 is 17.3 Å². The zero-order chi connectivity index (χ0) is 19.6. The molecule has 0 spiro atoms. The summed E-state index contributed by atoms with van der Waals surface area (Å²) in [4.78, 5) is 7.09. The van der Waals surface area contributed by atoms with Crippen molar-refractivity contribution in [3.63, 3.8) is 0 Å². The molecule has 2 aromatic rings. The molecule has 1 atom stereocenters. The fourth-order valence-electron chi connectivity index (χ4n) is 4.25. The molecule has 0 aliphatic carbocycles. The van der Waals surface area contributed by atoms with E-state index in [1.54, 1.807) is 0 Å². The minimum Gasteiger partial charge on any atom is -0.369 e. The van der Waals surface area contributed by atoms with Gasteiger partial charge in [-0.25, -0.2) is 0 Å². The van der Waals surface area contributed by atoms with Gasteiger partial charge in [0.1, 0.15) is 5.82 Å². The van der Waals surface area contributed by atoms with Gasteiger partial charge in [0.05, 0.1) is 18.6 Å². The van der Waals surface area contributed by atoms with Gasteiger partial charge in [0.15, 0.2) is 0 Å². The molecule has 0 fully saturated rings. The Morgan fingerprint density at radius 3 is 2.79 bits per heavy atom. The molecule has 2 N–H and O–H groups in total. The summed E-state index contributed by atoms with van der Waals surface area (Å²) in [6.45, 7) is 8.95. The maximum Gasteiger partial charge on any atom is 0.131 e. The lowest BCUT2D eigenvalue weighted by molar-refractivity contribution is 0.290. The number of aromatic nitrogens is 2. The monoisotopic (exact) mass is 379 g/mol. The van der Waals surface area contributed by atoms with Crippen LogP contribution in [0.3, 0.4) is 0 Å². The summed E-state index contributed by atoms with van der Waals surface area (Å²) in [6.07, 6.45) is 8.69. The number of aryl methyl sites for hydroxylation is 2. The topological polar surface area (TPSA) is 56.3 Å². The maximum absolute atomic E-state index is 4.75. The summed E-state index contributed by atoms with van der Waals surface area (Å²) >= 11 is 0. The van der Waals surface area contributed by atoms with Crippen LogP contribution >= 0.6 is 0 Å². The summed E-state index contributed by atoms with van der Waals surface area (Å²) in [6, 6.07) is 9.50. The van der Waals surface area contributed by atoms with Crippen molar-refractivity contribution in [1.29, 1.82) is 0 Å². The van der Waals surface area contributed by atoms with Crippen LogP contribution < -0.4 is 10.2 Å². The molecule has 1 aromatic carbocycles. The lowest BCUT2D eigenvalue weighted by Gasteiger charge is -2.28. The number of benzene rings is 1. The second-order valence-electron chi connectivity index (χ2n) is 9.02. The predicted octanol–water partition coefficient (Wildman–Crippen LogP) is 4.62. The molecular weight excluding hydrogens is 346 g/mol. The number of rotatable bonds is 7. The molecule has 1 unspecified atom stereocenters. The summed E-state index contributed by atoms with van der Waals surface area (Å²) < 4.78 is 0. The van der Waals surface area contributed by atoms with E-state index in [-0.39, 0.29) is 0 Å². The first kappa shape index (κ1) is 19.0. The summed E-state index contributed by atoms with van der Waals surface area (Å²) in [5.74, 6) is 2.34. The first-order chi connectivity index (χ1) is 13.5. The largest absolute Gasteiger partial charge is 0.369 e. The van der Waals surface area contributed by atoms with Crippen molar-refractivity contribution in [2.75, 3.05) is 18.0 Å². The van der Waals surface area contributed by atoms with E-state index in [1.807, 2.05) is 6.20 Å². The number of H-pyrrole nitrogens is 1. The van der Waals surface area contributed by atoms with Crippen LogP contribution in [0.15, 0.2) is 35.5 Å². The van der Waals surface area contributed by atoms with Crippen LogP contribution in [0.25, 0.3) is 0 Å². The Hall–Kier alpha value is -2.30. The normalized spacial score (nSPS) is 19.3. The van der Waals surface area contributed by atoms with Gasteiger partial charge in [-0.05, 0) is 48.8 Å². The molecule has 28 heavy (non-hydrogen) atoms. The van der Waals surface area contributed by atoms with Crippen LogP contribution in [0.5, 0.6) is 0 Å². The van der Waals surface area contributed by atoms with Crippen LogP contribution in [0.1, 0.15) is 57.6 Å². The van der Waals surface area contributed by atoms with Gasteiger partial charge in [0, 0.05) is 30.3 Å². The lowest BCUT2D eigenvalue weighted by atomic mass is 9.83. The Balaban J connectivity index is 1.30. The highest BCUT2D eigenvalue weighted by molar-refractivity contribution is 5.84. The number of amidine groups is 1. The maximum atomic E-state index is 4.75. The number of aliphatic imine (C=N–C) groups is 1. The van der Waals surface area contributed by atoms with Crippen LogP contribution in [0, 0.1) is 5.41 Å². The van der Waals surface area contributed by atoms with Crippen LogP contribution in [-0.2, 0) is 12.8 Å². The average Bonchev–Trinajstić information content (AvgIpc) is 3.35. The highest BCUT2D eigenvalue weighted by Gasteiger charge is 2.25. The minimum atomic E-state index is 0.390. The molecule has 0 amide bonds. The Morgan fingerprint density at radius 1 is 1.18 bits per heavy atom. The number of nitrogens with zero attached hydrogens (tertiary/aromatic N) is 3. The van der Waals surface area contributed by atoms with Gasteiger partial charge in [0.25, 0.3) is 0 Å². The average molecular weight is 380 g/mol. The molecule has 0 saturated heterocycles. The lowest BCUT2D eigenvalue weighted by Crippen LogP contribution is -2.34. The zero-order valence-electron chi connectivity index (χ0n) is 17.5. The van der Waals surface area contributed by atoms with Gasteiger partial charge in [-0.1, -0.05) is 39.3 Å². The third-order valence-corrected chi connectivity index (χ3v) is 6.32. The number of hydrogen-bond donors (Lipinski definition) is 2. The smallest absolute Gasteiger partial charge is 0.131 e. The predicted molar refractivity (Wildman–Crippen MR) is 117 cm³/mol. The Kier molecular flexibility index (Phi) is 5.42. The summed E-state index contributed by atoms with van der Waals surface area (Å²) in [5.41, 5.74) is 4.32. The Labute approximate surface area is 168 Å². The number of aromatic amines is 1. The van der Waals surface area contributed by atoms with E-state index in [0.717, 1.165) is 38.2 Å². The van der Waals surface area contributed by atoms with E-state index in [9.17, 15) is 0 Å². The van der Waals surface area contributed by atoms with Gasteiger partial charge < -0.3 is 10.2 Å². The number of fused-ring (bicyclic) bond motifs is 1. The van der Waals surface area contributed by atoms with E-state index in [4.69, 9.17) is 4.99 Å². The van der Waals surface area contributed by atoms with Gasteiger partial charge >= 0.3 is 0 Å². The molecule has 0 saturated carbocycles. The van der Waals surface area contributed by atoms with Crippen molar-refractivity contribution in [3.05, 3.63) is 41.6 Å². The highest BCUT2D eigenvalue weighted by Crippen LogP contribution is 2.31. The SMILES string of the molecule is CCC(C)(C)CC1CN=C(CCc2ccc(N3CCCc4cn[nH]c43)cc2)N1. The third kappa shape index (κ3) is 4.23. The number of anilines is 2. The fraction of sp³-hybridized carbons (Fsp3) is 0.565. The molecular formula is C23H33N5. The van der Waals surface area contributed by atoms with Crippen molar-refractivity contribution in [2.45, 2.75) is 65.3 Å². The Morgan fingerprint density at radius 2 is 2.00 bits per heavy atom. The van der Waals surface area contributed by atoms with Crippen LogP contribution in [0.2, 0.25) is 0 Å². The van der Waals surface area contributed by atoms with Crippen molar-refractivity contribution in [1.82, 2.24) is 15.5 Å². The van der Waals surface area contributed by atoms with Gasteiger partial charge in [0.2, 0.25) is 0 Å². The fourth-order valence-corrected chi connectivity index (χ4v) is 4.25. The van der Waals surface area contributed by atoms with Gasteiger partial charge in [-0.2, -0.15) is 5.10 Å². The van der Waals surface area contributed by atoms with Crippen LogP contribution in [0.4, 0.5) is 11.5 Å². The van der Waals surface area contributed by atoms with E-state index in [2.05, 4.69) is 65.5 Å². The first-order valence-electron chi connectivity index (χ1n) is 10.7. The van der Waals surface area contributed by atoms with Gasteiger partial charge in [-0.3, -0.25) is 10.1 Å². The van der Waals surface area contributed by atoms with Crippen molar-refractivity contribution in [2.24, 2.45) is 10.4 Å². The molecule has 150 valence electrons. The van der Waals surface area contributed by atoms with E-state index < -0.39 is 0 Å². The third-order valence-electron chi connectivity index (χ3n) is 6.32. The second-order valence-corrected chi connectivity index (χ2v) is 9.02. The molecule has 1 aromatic heterocycles. The molecule has 0 bridgehead atoms. The van der Waals surface area contributed by atoms with Crippen LogP contribution in [-0.4, -0.2) is 35.2 Å². The molecule has 5 nitrogen and oxygen atoms in total. The second kappa shape index (κ2) is 7.98. The molecule has 2 aliphatic rings. The summed E-state index contributed by atoms with van der Waals surface area (Å²) in [5, 5.41) is 11.0. The zero-order valence-corrected chi connectivity index (χ0v) is 17.5. The van der Waals surface area contributed by atoms with Crippen molar-refractivity contribution in [3.8, 4) is 0 Å². The first-order valence-corrected chi connectivity index (χ1v) is 10.7. The van der Waals surface area contributed by atoms with Crippen molar-refractivity contribution < 1.29 is 0 Å². The summed E-state index contributed by atoms with van der Waals surface area (Å²) in [7, 11) is 0. The quantitative estimate of drug-likeness (QED) is 0.738. The molecule has 2 aliphatic heterocycles. The standard InChI is InChI=1S/C23H33N5/c1-4-23(2,3)14-19-16-24-21(26-19)12-9-17-7-10-20(11-8-17)28-13-5-6-18-15-25-27-22(18)28/h7-8,10-11,15,19H,4-6,9,12-14,16H2,1-3H3,(H,24,26)(H,25,27). The van der Waals surface area contributed by atoms with E-state index >= 15 is 0 Å². The molecule has 3 heterocycles. The number of hydrogen-bond acceptors (Lipinski definition) is 4. The van der Waals surface area contributed by atoms with Gasteiger partial charge in [-0.15, -0.1) is 0 Å². The van der Waals surface area contributed by atoms with E-state index in [0.29, 0.717) is 11.5 Å².